The Balaban J connectivity index is 1.51. The van der Waals surface area contributed by atoms with Crippen molar-refractivity contribution in [3.05, 3.63) is 48.2 Å². The molecule has 1 radical (unpaired) electrons. The van der Waals surface area contributed by atoms with Crippen LogP contribution in [0.5, 0.6) is 0 Å². The van der Waals surface area contributed by atoms with Crippen molar-refractivity contribution in [3.8, 4) is 0 Å². The number of oxime groups is 1. The molecule has 1 fully saturated rings. The first-order valence-corrected chi connectivity index (χ1v) is 12.8. The number of nitrogens with one attached hydrogen (secondary N) is 1. The molecule has 2 aromatic rings. The fourth-order valence-corrected chi connectivity index (χ4v) is 5.15. The molecular weight excluding hydrogens is 457 g/mol. The molecule has 1 aliphatic heterocycles. The fraction of sp³-hybridized carbons (Fsp3) is 0.538. The highest BCUT2D eigenvalue weighted by Crippen LogP contribution is 2.33. The highest BCUT2D eigenvalue weighted by Gasteiger charge is 2.47. The maximum Gasteiger partial charge on any atom is 0.311 e. The van der Waals surface area contributed by atoms with Crippen molar-refractivity contribution < 1.29 is 19.5 Å². The van der Waals surface area contributed by atoms with Crippen LogP contribution in [0.25, 0.3) is 0 Å². The molecule has 10 heteroatoms. The molecular formula is C26H35BN5O4. The summed E-state index contributed by atoms with van der Waals surface area (Å²) in [6.07, 6.45) is 8.05. The van der Waals surface area contributed by atoms with Gasteiger partial charge in [-0.05, 0) is 30.7 Å². The van der Waals surface area contributed by atoms with Crippen LogP contribution in [-0.2, 0) is 20.8 Å². The minimum absolute atomic E-state index is 0.202. The van der Waals surface area contributed by atoms with Crippen LogP contribution in [0.3, 0.4) is 0 Å². The Bertz CT molecular complexity index is 1050. The highest BCUT2D eigenvalue weighted by atomic mass is 16.7. The van der Waals surface area contributed by atoms with E-state index in [1.165, 1.54) is 0 Å². The molecule has 1 aromatic heterocycles. The number of hydrogen-bond acceptors (Lipinski definition) is 6. The summed E-state index contributed by atoms with van der Waals surface area (Å²) in [5, 5.41) is 21.4. The molecule has 1 unspecified atom stereocenters. The van der Waals surface area contributed by atoms with Crippen LogP contribution in [0.4, 0.5) is 5.82 Å². The van der Waals surface area contributed by atoms with Gasteiger partial charge in [-0.3, -0.25) is 14.5 Å². The number of aromatic nitrogens is 2. The van der Waals surface area contributed by atoms with Gasteiger partial charge in [0.15, 0.2) is 0 Å². The van der Waals surface area contributed by atoms with Crippen LogP contribution in [0.15, 0.2) is 47.8 Å². The number of amides is 2. The fourth-order valence-electron chi connectivity index (χ4n) is 5.15. The lowest BCUT2D eigenvalue weighted by molar-refractivity contribution is -0.144. The average molecular weight is 492 g/mol. The Kier molecular flexibility index (Phi) is 8.46. The van der Waals surface area contributed by atoms with Crippen molar-refractivity contribution in [3.63, 3.8) is 0 Å². The van der Waals surface area contributed by atoms with Gasteiger partial charge in [-0.25, -0.2) is 4.68 Å². The van der Waals surface area contributed by atoms with E-state index in [2.05, 4.69) is 15.6 Å². The summed E-state index contributed by atoms with van der Waals surface area (Å²) in [6.45, 7) is 4.26. The molecule has 2 aliphatic rings. The van der Waals surface area contributed by atoms with Crippen LogP contribution in [-0.4, -0.2) is 58.4 Å². The van der Waals surface area contributed by atoms with Gasteiger partial charge in [0.1, 0.15) is 5.82 Å². The molecule has 2 N–H and O–H groups in total. The molecule has 36 heavy (non-hydrogen) atoms. The van der Waals surface area contributed by atoms with Crippen LogP contribution < -0.4 is 10.2 Å². The zero-order valence-electron chi connectivity index (χ0n) is 21.0. The van der Waals surface area contributed by atoms with E-state index in [0.717, 1.165) is 51.0 Å². The molecule has 9 nitrogen and oxygen atoms in total. The summed E-state index contributed by atoms with van der Waals surface area (Å²) in [5.74, 6) is 0.169. The number of hydrogen-bond donors (Lipinski definition) is 2. The molecule has 4 rings (SSSR count). The first-order chi connectivity index (χ1) is 17.4. The van der Waals surface area contributed by atoms with Crippen molar-refractivity contribution in [2.75, 3.05) is 11.4 Å². The molecule has 2 amide bonds. The molecule has 1 saturated carbocycles. The molecule has 0 saturated heterocycles. The Morgan fingerprint density at radius 3 is 2.72 bits per heavy atom. The van der Waals surface area contributed by atoms with Gasteiger partial charge in [-0.2, -0.15) is 5.10 Å². The Morgan fingerprint density at radius 1 is 1.31 bits per heavy atom. The number of carbonyl (C=O) groups is 2. The number of anilines is 1. The summed E-state index contributed by atoms with van der Waals surface area (Å²) < 4.78 is 1.93. The normalized spacial score (nSPS) is 20.6. The molecule has 0 spiro atoms. The predicted molar refractivity (Wildman–Crippen MR) is 139 cm³/mol. The van der Waals surface area contributed by atoms with Gasteiger partial charge in [0.25, 0.3) is 5.91 Å². The lowest BCUT2D eigenvalue weighted by Gasteiger charge is -2.28. The van der Waals surface area contributed by atoms with Crippen molar-refractivity contribution in [2.45, 2.75) is 76.4 Å². The average Bonchev–Trinajstić information content (AvgIpc) is 3.63. The third-order valence-corrected chi connectivity index (χ3v) is 6.90. The standard InChI is InChI=1S/C26H35BN5O4/c1-19(2)14-23(27-35)29-25(34)26(15-20-8-4-3-5-9-20)16-21(30-36-26)17-31(18-33)24-12-13-28-32(24)22-10-6-7-11-22/h3-5,8-9,12-13,18-19,22-23,35H,6-7,10-11,14-17H2,1-2H3,(H,29,34)/t23-,26?/m0/s1. The topological polar surface area (TPSA) is 109 Å². The number of carbonyl (C=O) groups excluding carboxylic acids is 2. The van der Waals surface area contributed by atoms with E-state index in [0.29, 0.717) is 18.6 Å². The summed E-state index contributed by atoms with van der Waals surface area (Å²) in [4.78, 5) is 33.1. The molecule has 2 atom stereocenters. The van der Waals surface area contributed by atoms with Crippen molar-refractivity contribution >= 4 is 31.3 Å². The molecule has 1 aliphatic carbocycles. The zero-order valence-corrected chi connectivity index (χ0v) is 21.0. The summed E-state index contributed by atoms with van der Waals surface area (Å²) >= 11 is 0. The molecule has 1 aromatic carbocycles. The van der Waals surface area contributed by atoms with Crippen LogP contribution in [0.1, 0.15) is 64.0 Å². The van der Waals surface area contributed by atoms with E-state index in [1.807, 2.05) is 54.9 Å². The Labute approximate surface area is 213 Å². The third kappa shape index (κ3) is 5.98. The van der Waals surface area contributed by atoms with Gasteiger partial charge in [-0.15, -0.1) is 0 Å². The third-order valence-electron chi connectivity index (χ3n) is 6.90. The first kappa shape index (κ1) is 25.9. The van der Waals surface area contributed by atoms with E-state index < -0.39 is 11.5 Å². The van der Waals surface area contributed by atoms with Crippen LogP contribution >= 0.6 is 0 Å². The largest absolute Gasteiger partial charge is 0.452 e. The number of rotatable bonds is 12. The smallest absolute Gasteiger partial charge is 0.311 e. The van der Waals surface area contributed by atoms with Gasteiger partial charge in [0, 0.05) is 24.8 Å². The quantitative estimate of drug-likeness (QED) is 0.350. The lowest BCUT2D eigenvalue weighted by Crippen LogP contribution is -2.53. The monoisotopic (exact) mass is 492 g/mol. The second-order valence-electron chi connectivity index (χ2n) is 10.2. The van der Waals surface area contributed by atoms with Crippen molar-refractivity contribution in [1.29, 1.82) is 0 Å². The predicted octanol–water partition coefficient (Wildman–Crippen LogP) is 2.82. The van der Waals surface area contributed by atoms with Gasteiger partial charge in [0.05, 0.1) is 24.5 Å². The minimum Gasteiger partial charge on any atom is -0.452 e. The van der Waals surface area contributed by atoms with E-state index in [1.54, 1.807) is 11.1 Å². The number of nitrogens with zero attached hydrogens (tertiary/aromatic N) is 4. The van der Waals surface area contributed by atoms with E-state index in [4.69, 9.17) is 4.84 Å². The van der Waals surface area contributed by atoms with E-state index in [-0.39, 0.29) is 30.8 Å². The van der Waals surface area contributed by atoms with Gasteiger partial charge < -0.3 is 15.2 Å². The Hall–Kier alpha value is -3.14. The maximum absolute atomic E-state index is 13.5. The van der Waals surface area contributed by atoms with Crippen LogP contribution in [0, 0.1) is 5.92 Å². The second kappa shape index (κ2) is 11.7. The van der Waals surface area contributed by atoms with E-state index in [9.17, 15) is 14.6 Å². The minimum atomic E-state index is -1.27. The molecule has 191 valence electrons. The SMILES string of the molecule is CC(C)C[C@@H]([B]O)NC(=O)C1(Cc2ccccc2)CC(CN(C=O)c2ccnn2C2CCCC2)=NO1. The Morgan fingerprint density at radius 2 is 2.06 bits per heavy atom. The molecule has 2 heterocycles. The maximum atomic E-state index is 13.5. The van der Waals surface area contributed by atoms with Crippen molar-refractivity contribution in [2.24, 2.45) is 11.1 Å². The lowest BCUT2D eigenvalue weighted by atomic mass is 9.80. The van der Waals surface area contributed by atoms with Gasteiger partial charge in [-0.1, -0.05) is 62.2 Å². The van der Waals surface area contributed by atoms with Gasteiger partial charge in [0.2, 0.25) is 12.0 Å². The molecule has 0 bridgehead atoms. The van der Waals surface area contributed by atoms with Crippen molar-refractivity contribution in [1.82, 2.24) is 15.1 Å². The second-order valence-corrected chi connectivity index (χ2v) is 10.2. The van der Waals surface area contributed by atoms with E-state index >= 15 is 0 Å². The summed E-state index contributed by atoms with van der Waals surface area (Å²) in [7, 11) is 1.02. The first-order valence-electron chi connectivity index (χ1n) is 12.8. The van der Waals surface area contributed by atoms with Crippen LogP contribution in [0.2, 0.25) is 0 Å². The highest BCUT2D eigenvalue weighted by molar-refractivity contribution is 6.28. The summed E-state index contributed by atoms with van der Waals surface area (Å²) in [5.41, 5.74) is 0.264. The number of benzene rings is 1. The van der Waals surface area contributed by atoms with Gasteiger partial charge >= 0.3 is 7.48 Å². The zero-order chi connectivity index (χ0) is 25.5. The summed E-state index contributed by atoms with van der Waals surface area (Å²) in [6, 6.07) is 11.8.